The summed E-state index contributed by atoms with van der Waals surface area (Å²) in [6.45, 7) is 0.586. The van der Waals surface area contributed by atoms with Gasteiger partial charge in [-0.3, -0.25) is 10.1 Å². The van der Waals surface area contributed by atoms with Crippen LogP contribution >= 0.6 is 0 Å². The van der Waals surface area contributed by atoms with Crippen molar-refractivity contribution in [1.82, 2.24) is 0 Å². The lowest BCUT2D eigenvalue weighted by molar-refractivity contribution is -0.385. The van der Waals surface area contributed by atoms with E-state index in [1.165, 1.54) is 19.2 Å². The smallest absolute Gasteiger partial charge is 0.276 e. The maximum atomic E-state index is 10.9. The Labute approximate surface area is 122 Å². The first-order valence-electron chi connectivity index (χ1n) is 6.42. The van der Waals surface area contributed by atoms with Gasteiger partial charge in [0.05, 0.1) is 24.2 Å². The van der Waals surface area contributed by atoms with Crippen molar-refractivity contribution < 1.29 is 14.4 Å². The van der Waals surface area contributed by atoms with Crippen molar-refractivity contribution in [3.63, 3.8) is 0 Å². The summed E-state index contributed by atoms with van der Waals surface area (Å²) in [6.07, 6.45) is 0.797. The number of hydrogen-bond acceptors (Lipinski definition) is 5. The molecule has 0 spiro atoms. The Morgan fingerprint density at radius 2 is 1.76 bits per heavy atom. The van der Waals surface area contributed by atoms with Crippen LogP contribution in [0.3, 0.4) is 0 Å². The van der Waals surface area contributed by atoms with Gasteiger partial charge in [-0.25, -0.2) is 0 Å². The molecule has 0 amide bonds. The Hall–Kier alpha value is -2.60. The highest BCUT2D eigenvalue weighted by Crippen LogP contribution is 2.30. The quantitative estimate of drug-likeness (QED) is 0.652. The molecule has 6 heteroatoms. The van der Waals surface area contributed by atoms with Crippen molar-refractivity contribution in [2.75, 3.05) is 13.7 Å². The molecule has 2 aromatic carbocycles. The van der Waals surface area contributed by atoms with Crippen molar-refractivity contribution in [2.45, 2.75) is 6.42 Å². The van der Waals surface area contributed by atoms with Crippen LogP contribution < -0.4 is 15.2 Å². The number of methoxy groups -OCH3 is 1. The molecule has 0 saturated carbocycles. The van der Waals surface area contributed by atoms with Crippen LogP contribution in [0.2, 0.25) is 0 Å². The topological polar surface area (TPSA) is 87.6 Å². The maximum Gasteiger partial charge on any atom is 0.276 e. The lowest BCUT2D eigenvalue weighted by Gasteiger charge is -2.08. The summed E-state index contributed by atoms with van der Waals surface area (Å²) < 4.78 is 10.7. The van der Waals surface area contributed by atoms with Gasteiger partial charge in [-0.05, 0) is 30.7 Å². The highest BCUT2D eigenvalue weighted by molar-refractivity contribution is 5.47. The molecule has 2 rings (SSSR count). The average Bonchev–Trinajstić information content (AvgIpc) is 2.49. The lowest BCUT2D eigenvalue weighted by Crippen LogP contribution is -2.02. The highest BCUT2D eigenvalue weighted by Gasteiger charge is 2.11. The van der Waals surface area contributed by atoms with Gasteiger partial charge in [0.25, 0.3) is 5.69 Å². The number of non-ortho nitro benzene ring substituents is 1. The van der Waals surface area contributed by atoms with Crippen molar-refractivity contribution in [1.29, 1.82) is 0 Å². The van der Waals surface area contributed by atoms with Crippen LogP contribution in [0.25, 0.3) is 0 Å². The first-order chi connectivity index (χ1) is 10.1. The fourth-order valence-corrected chi connectivity index (χ4v) is 1.87. The van der Waals surface area contributed by atoms with Gasteiger partial charge in [-0.2, -0.15) is 0 Å². The Kier molecular flexibility index (Phi) is 4.73. The number of nitrogens with zero attached hydrogens (tertiary/aromatic N) is 1. The number of nitro benzene ring substituents is 1. The van der Waals surface area contributed by atoms with Crippen molar-refractivity contribution in [3.8, 4) is 17.2 Å². The summed E-state index contributed by atoms with van der Waals surface area (Å²) in [5.41, 5.74) is 6.52. The van der Waals surface area contributed by atoms with E-state index in [1.54, 1.807) is 18.2 Å². The van der Waals surface area contributed by atoms with Gasteiger partial charge in [0.1, 0.15) is 17.2 Å². The standard InChI is InChI=1S/C15H16N2O4/c1-20-14-8-12(17(18)19)9-15(10-14)21-13-4-2-11(3-5-13)6-7-16/h2-5,8-10H,6-7,16H2,1H3. The fraction of sp³-hybridized carbons (Fsp3) is 0.200. The maximum absolute atomic E-state index is 10.9. The molecule has 2 aromatic rings. The third kappa shape index (κ3) is 3.93. The molecule has 0 atom stereocenters. The van der Waals surface area contributed by atoms with E-state index in [0.29, 0.717) is 23.8 Å². The van der Waals surface area contributed by atoms with Gasteiger partial charge >= 0.3 is 0 Å². The molecule has 0 heterocycles. The number of hydrogen-bond donors (Lipinski definition) is 1. The number of benzene rings is 2. The Balaban J connectivity index is 2.21. The number of ether oxygens (including phenoxy) is 2. The van der Waals surface area contributed by atoms with Crippen LogP contribution in [0.15, 0.2) is 42.5 Å². The van der Waals surface area contributed by atoms with Gasteiger partial charge in [-0.1, -0.05) is 12.1 Å². The molecule has 2 N–H and O–H groups in total. The number of rotatable bonds is 6. The van der Waals surface area contributed by atoms with E-state index in [9.17, 15) is 10.1 Å². The molecule has 0 bridgehead atoms. The van der Waals surface area contributed by atoms with E-state index in [0.717, 1.165) is 12.0 Å². The Morgan fingerprint density at radius 1 is 1.10 bits per heavy atom. The van der Waals surface area contributed by atoms with Crippen LogP contribution in [0.5, 0.6) is 17.2 Å². The van der Waals surface area contributed by atoms with Crippen LogP contribution in [0.1, 0.15) is 5.56 Å². The van der Waals surface area contributed by atoms with Crippen molar-refractivity contribution in [3.05, 3.63) is 58.1 Å². The molecule has 0 saturated heterocycles. The van der Waals surface area contributed by atoms with Crippen LogP contribution in [-0.4, -0.2) is 18.6 Å². The van der Waals surface area contributed by atoms with E-state index in [-0.39, 0.29) is 5.69 Å². The molecular weight excluding hydrogens is 272 g/mol. The first kappa shape index (κ1) is 14.8. The third-order valence-corrected chi connectivity index (χ3v) is 2.90. The van der Waals surface area contributed by atoms with E-state index >= 15 is 0 Å². The first-order valence-corrected chi connectivity index (χ1v) is 6.42. The SMILES string of the molecule is COc1cc(Oc2ccc(CCN)cc2)cc([N+](=O)[O-])c1. The monoisotopic (exact) mass is 288 g/mol. The number of nitro groups is 1. The zero-order valence-electron chi connectivity index (χ0n) is 11.6. The minimum absolute atomic E-state index is 0.0795. The largest absolute Gasteiger partial charge is 0.496 e. The second kappa shape index (κ2) is 6.71. The van der Waals surface area contributed by atoms with Crippen LogP contribution in [0.4, 0.5) is 5.69 Å². The normalized spacial score (nSPS) is 10.2. The van der Waals surface area contributed by atoms with Crippen LogP contribution in [-0.2, 0) is 6.42 Å². The minimum atomic E-state index is -0.486. The summed E-state index contributed by atoms with van der Waals surface area (Å²) in [5, 5.41) is 10.9. The molecule has 110 valence electrons. The molecule has 0 aliphatic heterocycles. The third-order valence-electron chi connectivity index (χ3n) is 2.90. The van der Waals surface area contributed by atoms with Gasteiger partial charge in [-0.15, -0.1) is 0 Å². The predicted molar refractivity (Wildman–Crippen MR) is 78.9 cm³/mol. The predicted octanol–water partition coefficient (Wildman–Crippen LogP) is 2.90. The average molecular weight is 288 g/mol. The summed E-state index contributed by atoms with van der Waals surface area (Å²) in [7, 11) is 1.45. The molecule has 0 aliphatic carbocycles. The zero-order valence-corrected chi connectivity index (χ0v) is 11.6. The summed E-state index contributed by atoms with van der Waals surface area (Å²) in [4.78, 5) is 10.4. The summed E-state index contributed by atoms with van der Waals surface area (Å²) >= 11 is 0. The van der Waals surface area contributed by atoms with Gasteiger partial charge in [0.15, 0.2) is 0 Å². The molecule has 6 nitrogen and oxygen atoms in total. The van der Waals surface area contributed by atoms with E-state index in [2.05, 4.69) is 0 Å². The van der Waals surface area contributed by atoms with Gasteiger partial charge in [0, 0.05) is 6.07 Å². The van der Waals surface area contributed by atoms with E-state index in [4.69, 9.17) is 15.2 Å². The Bertz CT molecular complexity index is 626. The second-order valence-electron chi connectivity index (χ2n) is 4.41. The molecule has 0 aromatic heterocycles. The second-order valence-corrected chi connectivity index (χ2v) is 4.41. The van der Waals surface area contributed by atoms with Crippen LogP contribution in [0, 0.1) is 10.1 Å². The van der Waals surface area contributed by atoms with E-state index < -0.39 is 4.92 Å². The fourth-order valence-electron chi connectivity index (χ4n) is 1.87. The molecular formula is C15H16N2O4. The minimum Gasteiger partial charge on any atom is -0.496 e. The molecule has 0 radical (unpaired) electrons. The Morgan fingerprint density at radius 3 is 2.33 bits per heavy atom. The van der Waals surface area contributed by atoms with Gasteiger partial charge < -0.3 is 15.2 Å². The molecule has 0 aliphatic rings. The summed E-state index contributed by atoms with van der Waals surface area (Å²) in [5.74, 6) is 1.32. The lowest BCUT2D eigenvalue weighted by atomic mass is 10.1. The van der Waals surface area contributed by atoms with Crippen molar-refractivity contribution >= 4 is 5.69 Å². The summed E-state index contributed by atoms with van der Waals surface area (Å²) in [6, 6.07) is 11.7. The van der Waals surface area contributed by atoms with Gasteiger partial charge in [0.2, 0.25) is 0 Å². The molecule has 0 fully saturated rings. The van der Waals surface area contributed by atoms with Crippen molar-refractivity contribution in [2.24, 2.45) is 5.73 Å². The zero-order chi connectivity index (χ0) is 15.2. The van der Waals surface area contributed by atoms with E-state index in [1.807, 2.05) is 12.1 Å². The highest BCUT2D eigenvalue weighted by atomic mass is 16.6. The molecule has 0 unspecified atom stereocenters. The molecule has 21 heavy (non-hydrogen) atoms. The number of nitrogens with two attached hydrogens (primary N) is 1.